The Kier molecular flexibility index (Phi) is 6.72. The van der Waals surface area contributed by atoms with Gasteiger partial charge in [-0.25, -0.2) is 0 Å². The highest BCUT2D eigenvalue weighted by Gasteiger charge is 2.36. The Labute approximate surface area is 177 Å². The lowest BCUT2D eigenvalue weighted by atomic mass is 10.2. The number of hydrogen-bond donors (Lipinski definition) is 1. The molecule has 1 aliphatic rings. The van der Waals surface area contributed by atoms with Crippen LogP contribution in [0.1, 0.15) is 5.56 Å². The molecule has 152 valence electrons. The molecule has 2 aromatic rings. The van der Waals surface area contributed by atoms with Crippen LogP contribution in [0.2, 0.25) is 0 Å². The first-order valence-corrected chi connectivity index (χ1v) is 9.62. The molecule has 1 heterocycles. The number of nitriles is 1. The maximum absolute atomic E-state index is 12.7. The zero-order chi connectivity index (χ0) is 21.5. The summed E-state index contributed by atoms with van der Waals surface area (Å²) in [6.45, 7) is -0.567. The molecule has 0 radical (unpaired) electrons. The summed E-state index contributed by atoms with van der Waals surface area (Å²) >= 11 is 0.738. The number of hydrogen-bond acceptors (Lipinski definition) is 7. The first-order chi connectivity index (χ1) is 14.5. The van der Waals surface area contributed by atoms with Crippen molar-refractivity contribution < 1.29 is 23.9 Å². The Hall–Kier alpha value is -3.77. The number of thioether (sulfide) groups is 1. The summed E-state index contributed by atoms with van der Waals surface area (Å²) in [7, 11) is 1.48. The van der Waals surface area contributed by atoms with Gasteiger partial charge in [-0.05, 0) is 36.0 Å². The standard InChI is InChI=1S/C21H17N3O5S/c1-28-17-9-5-3-7-15(17)23-19(25)13-24-20(26)18(30-21(24)27)12-14-6-2-4-8-16(14)29-11-10-22/h2-9,12H,11,13H2,1H3,(H,23,25)/b18-12-. The first kappa shape index (κ1) is 21.0. The van der Waals surface area contributed by atoms with Gasteiger partial charge in [-0.1, -0.05) is 30.3 Å². The maximum Gasteiger partial charge on any atom is 0.294 e. The number of imide groups is 1. The Morgan fingerprint density at radius 3 is 2.60 bits per heavy atom. The number of para-hydroxylation sites is 3. The van der Waals surface area contributed by atoms with Crippen LogP contribution >= 0.6 is 11.8 Å². The second kappa shape index (κ2) is 9.62. The summed E-state index contributed by atoms with van der Waals surface area (Å²) in [4.78, 5) is 38.4. The number of nitrogens with one attached hydrogen (secondary N) is 1. The molecule has 8 nitrogen and oxygen atoms in total. The summed E-state index contributed by atoms with van der Waals surface area (Å²) in [6, 6.07) is 15.6. The minimum Gasteiger partial charge on any atom is -0.495 e. The molecule has 0 aliphatic carbocycles. The van der Waals surface area contributed by atoms with E-state index in [1.165, 1.54) is 13.2 Å². The summed E-state index contributed by atoms with van der Waals surface area (Å²) < 4.78 is 10.5. The fraction of sp³-hybridized carbons (Fsp3) is 0.143. The molecule has 2 aromatic carbocycles. The van der Waals surface area contributed by atoms with Crippen LogP contribution in [0.5, 0.6) is 11.5 Å². The molecule has 1 N–H and O–H groups in total. The number of rotatable bonds is 7. The van der Waals surface area contributed by atoms with Crippen molar-refractivity contribution in [1.82, 2.24) is 4.90 Å². The highest BCUT2D eigenvalue weighted by Crippen LogP contribution is 2.34. The number of amides is 3. The van der Waals surface area contributed by atoms with Gasteiger partial charge in [0.25, 0.3) is 11.1 Å². The van der Waals surface area contributed by atoms with Gasteiger partial charge < -0.3 is 14.8 Å². The van der Waals surface area contributed by atoms with Crippen LogP contribution in [0.25, 0.3) is 6.08 Å². The Morgan fingerprint density at radius 1 is 1.17 bits per heavy atom. The van der Waals surface area contributed by atoms with Gasteiger partial charge in [0.2, 0.25) is 5.91 Å². The fourth-order valence-electron chi connectivity index (χ4n) is 2.70. The second-order valence-electron chi connectivity index (χ2n) is 6.00. The van der Waals surface area contributed by atoms with E-state index in [2.05, 4.69) is 5.32 Å². The molecule has 0 atom stereocenters. The van der Waals surface area contributed by atoms with E-state index in [0.717, 1.165) is 16.7 Å². The van der Waals surface area contributed by atoms with Crippen LogP contribution in [-0.2, 0) is 9.59 Å². The highest BCUT2D eigenvalue weighted by molar-refractivity contribution is 8.18. The molecule has 1 saturated heterocycles. The van der Waals surface area contributed by atoms with Crippen LogP contribution in [-0.4, -0.2) is 42.2 Å². The predicted octanol–water partition coefficient (Wildman–Crippen LogP) is 3.27. The van der Waals surface area contributed by atoms with E-state index in [1.807, 2.05) is 6.07 Å². The summed E-state index contributed by atoms with van der Waals surface area (Å²) in [5, 5.41) is 10.8. The normalized spacial score (nSPS) is 14.5. The average Bonchev–Trinajstić information content (AvgIpc) is 3.01. The molecule has 1 aliphatic heterocycles. The molecule has 0 aromatic heterocycles. The largest absolute Gasteiger partial charge is 0.495 e. The summed E-state index contributed by atoms with van der Waals surface area (Å²) in [5.41, 5.74) is 0.993. The first-order valence-electron chi connectivity index (χ1n) is 8.80. The lowest BCUT2D eigenvalue weighted by Crippen LogP contribution is -2.36. The van der Waals surface area contributed by atoms with Gasteiger partial charge in [0.15, 0.2) is 6.61 Å². The van der Waals surface area contributed by atoms with Crippen molar-refractivity contribution >= 4 is 40.6 Å². The zero-order valence-corrected chi connectivity index (χ0v) is 16.8. The number of anilines is 1. The van der Waals surface area contributed by atoms with Crippen molar-refractivity contribution in [2.24, 2.45) is 0 Å². The molecule has 3 rings (SSSR count). The summed E-state index contributed by atoms with van der Waals surface area (Å²) in [6.07, 6.45) is 1.51. The Bertz CT molecular complexity index is 1060. The van der Waals surface area contributed by atoms with Gasteiger partial charge in [0.05, 0.1) is 17.7 Å². The predicted molar refractivity (Wildman–Crippen MR) is 112 cm³/mol. The van der Waals surface area contributed by atoms with Gasteiger partial charge in [-0.2, -0.15) is 5.26 Å². The van der Waals surface area contributed by atoms with Crippen LogP contribution < -0.4 is 14.8 Å². The topological polar surface area (TPSA) is 109 Å². The fourth-order valence-corrected chi connectivity index (χ4v) is 3.53. The number of nitrogens with zero attached hydrogens (tertiary/aromatic N) is 2. The quantitative estimate of drug-likeness (QED) is 0.681. The van der Waals surface area contributed by atoms with Crippen LogP contribution in [0.4, 0.5) is 10.5 Å². The third-order valence-corrected chi connectivity index (χ3v) is 4.96. The molecule has 30 heavy (non-hydrogen) atoms. The van der Waals surface area contributed by atoms with Crippen molar-refractivity contribution in [3.8, 4) is 17.6 Å². The van der Waals surface area contributed by atoms with Crippen LogP contribution in [0, 0.1) is 11.3 Å². The molecule has 0 unspecified atom stereocenters. The number of methoxy groups -OCH3 is 1. The third kappa shape index (κ3) is 4.79. The third-order valence-electron chi connectivity index (χ3n) is 4.05. The maximum atomic E-state index is 12.7. The number of benzene rings is 2. The van der Waals surface area contributed by atoms with E-state index >= 15 is 0 Å². The van der Waals surface area contributed by atoms with Crippen molar-refractivity contribution in [1.29, 1.82) is 5.26 Å². The number of carbonyl (C=O) groups excluding carboxylic acids is 3. The molecule has 0 spiro atoms. The van der Waals surface area contributed by atoms with Crippen molar-refractivity contribution in [2.75, 3.05) is 25.6 Å². The molecule has 0 saturated carbocycles. The highest BCUT2D eigenvalue weighted by atomic mass is 32.2. The number of carbonyl (C=O) groups is 3. The Balaban J connectivity index is 1.73. The lowest BCUT2D eigenvalue weighted by molar-refractivity contribution is -0.127. The SMILES string of the molecule is COc1ccccc1NC(=O)CN1C(=O)S/C(=C\c2ccccc2OCC#N)C1=O. The average molecular weight is 423 g/mol. The van der Waals surface area contributed by atoms with Crippen LogP contribution in [0.3, 0.4) is 0 Å². The smallest absolute Gasteiger partial charge is 0.294 e. The van der Waals surface area contributed by atoms with Gasteiger partial charge in [0.1, 0.15) is 24.1 Å². The van der Waals surface area contributed by atoms with E-state index in [0.29, 0.717) is 22.7 Å². The van der Waals surface area contributed by atoms with E-state index in [1.54, 1.807) is 48.5 Å². The Morgan fingerprint density at radius 2 is 1.87 bits per heavy atom. The van der Waals surface area contributed by atoms with E-state index in [4.69, 9.17) is 14.7 Å². The minimum atomic E-state index is -0.574. The monoisotopic (exact) mass is 423 g/mol. The van der Waals surface area contributed by atoms with Crippen molar-refractivity contribution in [2.45, 2.75) is 0 Å². The molecule has 1 fully saturated rings. The van der Waals surface area contributed by atoms with Crippen LogP contribution in [0.15, 0.2) is 53.4 Å². The molecular weight excluding hydrogens is 406 g/mol. The summed E-state index contributed by atoms with van der Waals surface area (Å²) in [5.74, 6) is -0.218. The van der Waals surface area contributed by atoms with E-state index in [-0.39, 0.29) is 11.5 Å². The molecular formula is C21H17N3O5S. The van der Waals surface area contributed by atoms with Gasteiger partial charge >= 0.3 is 0 Å². The van der Waals surface area contributed by atoms with Gasteiger partial charge in [-0.3, -0.25) is 19.3 Å². The van der Waals surface area contributed by atoms with Gasteiger partial charge in [-0.15, -0.1) is 0 Å². The van der Waals surface area contributed by atoms with Crippen molar-refractivity contribution in [3.05, 3.63) is 59.0 Å². The molecule has 0 bridgehead atoms. The second-order valence-corrected chi connectivity index (χ2v) is 6.99. The zero-order valence-electron chi connectivity index (χ0n) is 16.0. The minimum absolute atomic E-state index is 0.143. The van der Waals surface area contributed by atoms with Crippen molar-refractivity contribution in [3.63, 3.8) is 0 Å². The lowest BCUT2D eigenvalue weighted by Gasteiger charge is -2.14. The van der Waals surface area contributed by atoms with E-state index < -0.39 is 23.6 Å². The molecule has 9 heteroatoms. The number of ether oxygens (including phenoxy) is 2. The molecule has 3 amide bonds. The van der Waals surface area contributed by atoms with Gasteiger partial charge in [0, 0.05) is 5.56 Å². The van der Waals surface area contributed by atoms with E-state index in [9.17, 15) is 14.4 Å².